The fraction of sp³-hybridized carbons (Fsp3) is 0.222. The Hall–Kier alpha value is -1.03. The number of alkyl halides is 1. The van der Waals surface area contributed by atoms with Gasteiger partial charge < -0.3 is 5.11 Å². The van der Waals surface area contributed by atoms with Crippen molar-refractivity contribution in [3.63, 3.8) is 0 Å². The number of amides is 1. The molecule has 0 aromatic heterocycles. The third kappa shape index (κ3) is 2.45. The van der Waals surface area contributed by atoms with Gasteiger partial charge in [-0.2, -0.15) is 0 Å². The first-order valence-corrected chi connectivity index (χ1v) is 4.91. The number of nitrogens with one attached hydrogen (secondary N) is 1. The van der Waals surface area contributed by atoms with Crippen LogP contribution in [0.15, 0.2) is 18.2 Å². The Kier molecular flexibility index (Phi) is 3.31. The predicted molar refractivity (Wildman–Crippen MR) is 55.5 cm³/mol. The van der Waals surface area contributed by atoms with Gasteiger partial charge in [-0.3, -0.25) is 5.32 Å². The van der Waals surface area contributed by atoms with Gasteiger partial charge in [0.2, 0.25) is 0 Å². The van der Waals surface area contributed by atoms with E-state index in [1.54, 1.807) is 6.07 Å². The molecule has 0 heterocycles. The molecule has 1 rings (SSSR count). The number of carbonyl (C=O) groups is 1. The van der Waals surface area contributed by atoms with Crippen LogP contribution in [0.3, 0.4) is 0 Å². The molecule has 2 N–H and O–H groups in total. The van der Waals surface area contributed by atoms with Crippen LogP contribution < -0.4 is 5.32 Å². The number of hydrogen-bond donors (Lipinski definition) is 2. The van der Waals surface area contributed by atoms with Crippen molar-refractivity contribution in [2.24, 2.45) is 0 Å². The first kappa shape index (κ1) is 10.1. The van der Waals surface area contributed by atoms with Gasteiger partial charge in [-0.05, 0) is 24.1 Å². The number of benzene rings is 1. The van der Waals surface area contributed by atoms with Gasteiger partial charge in [0.05, 0.1) is 0 Å². The van der Waals surface area contributed by atoms with Gasteiger partial charge in [0.15, 0.2) is 0 Å². The second-order valence-corrected chi connectivity index (χ2v) is 3.23. The molecule has 1 aromatic carbocycles. The van der Waals surface area contributed by atoms with E-state index in [9.17, 15) is 4.79 Å². The van der Waals surface area contributed by atoms with Crippen molar-refractivity contribution in [2.45, 2.75) is 12.3 Å². The van der Waals surface area contributed by atoms with Crippen LogP contribution in [0.1, 0.15) is 11.1 Å². The quantitative estimate of drug-likeness (QED) is 0.785. The maximum Gasteiger partial charge on any atom is 0.409 e. The summed E-state index contributed by atoms with van der Waals surface area (Å²) in [4.78, 5) is 10.4. The Morgan fingerprint density at radius 1 is 1.62 bits per heavy atom. The zero-order chi connectivity index (χ0) is 9.84. The number of halogens is 1. The predicted octanol–water partition coefficient (Wildman–Crippen LogP) is 2.98. The highest BCUT2D eigenvalue weighted by molar-refractivity contribution is 9.08. The van der Waals surface area contributed by atoms with Gasteiger partial charge >= 0.3 is 6.09 Å². The van der Waals surface area contributed by atoms with Crippen LogP contribution in [0.5, 0.6) is 0 Å². The van der Waals surface area contributed by atoms with Crippen LogP contribution in [0.2, 0.25) is 0 Å². The molecular weight excluding hydrogens is 234 g/mol. The van der Waals surface area contributed by atoms with Crippen LogP contribution in [0.25, 0.3) is 0 Å². The van der Waals surface area contributed by atoms with Crippen LogP contribution >= 0.6 is 15.9 Å². The van der Waals surface area contributed by atoms with Crippen molar-refractivity contribution in [3.8, 4) is 0 Å². The molecule has 0 atom stereocenters. The maximum atomic E-state index is 10.4. The lowest BCUT2D eigenvalue weighted by molar-refractivity contribution is 0.209. The van der Waals surface area contributed by atoms with E-state index in [0.29, 0.717) is 11.0 Å². The highest BCUT2D eigenvalue weighted by Gasteiger charge is 2.05. The molecule has 1 amide bonds. The molecule has 13 heavy (non-hydrogen) atoms. The van der Waals surface area contributed by atoms with E-state index in [0.717, 1.165) is 11.1 Å². The van der Waals surface area contributed by atoms with Gasteiger partial charge in [-0.25, -0.2) is 4.79 Å². The zero-order valence-corrected chi connectivity index (χ0v) is 8.76. The fourth-order valence-electron chi connectivity index (χ4n) is 1.11. The topological polar surface area (TPSA) is 49.3 Å². The lowest BCUT2D eigenvalue weighted by Crippen LogP contribution is -2.09. The van der Waals surface area contributed by atoms with Crippen molar-refractivity contribution >= 4 is 27.7 Å². The summed E-state index contributed by atoms with van der Waals surface area (Å²) in [5, 5.41) is 11.6. The molecule has 0 bridgehead atoms. The van der Waals surface area contributed by atoms with E-state index < -0.39 is 6.09 Å². The van der Waals surface area contributed by atoms with Gasteiger partial charge in [-0.15, -0.1) is 0 Å². The van der Waals surface area contributed by atoms with Gasteiger partial charge in [0, 0.05) is 11.0 Å². The minimum atomic E-state index is -1.03. The summed E-state index contributed by atoms with van der Waals surface area (Å²) in [6.07, 6.45) is -1.03. The van der Waals surface area contributed by atoms with E-state index in [2.05, 4.69) is 21.2 Å². The van der Waals surface area contributed by atoms with Crippen LogP contribution in [-0.2, 0) is 5.33 Å². The number of rotatable bonds is 2. The monoisotopic (exact) mass is 243 g/mol. The van der Waals surface area contributed by atoms with E-state index in [1.807, 2.05) is 19.1 Å². The van der Waals surface area contributed by atoms with Crippen molar-refractivity contribution in [3.05, 3.63) is 29.3 Å². The largest absolute Gasteiger partial charge is 0.465 e. The Labute approximate surface area is 84.9 Å². The number of aryl methyl sites for hydroxylation is 1. The molecule has 1 aromatic rings. The third-order valence-corrected chi connectivity index (χ3v) is 2.35. The average molecular weight is 244 g/mol. The second-order valence-electron chi connectivity index (χ2n) is 2.66. The molecule has 0 saturated heterocycles. The lowest BCUT2D eigenvalue weighted by atomic mass is 10.1. The molecule has 4 heteroatoms. The Balaban J connectivity index is 3.05. The fourth-order valence-corrected chi connectivity index (χ4v) is 1.86. The summed E-state index contributed by atoms with van der Waals surface area (Å²) in [7, 11) is 0. The summed E-state index contributed by atoms with van der Waals surface area (Å²) in [6, 6.07) is 5.52. The van der Waals surface area contributed by atoms with E-state index in [-0.39, 0.29) is 0 Å². The second kappa shape index (κ2) is 4.28. The van der Waals surface area contributed by atoms with Crippen LogP contribution in [0, 0.1) is 6.92 Å². The summed E-state index contributed by atoms with van der Waals surface area (Å²) in [5.74, 6) is 0. The van der Waals surface area contributed by atoms with E-state index in [1.165, 1.54) is 0 Å². The molecule has 0 radical (unpaired) electrons. The molecule has 0 fully saturated rings. The van der Waals surface area contributed by atoms with Crippen LogP contribution in [-0.4, -0.2) is 11.2 Å². The average Bonchev–Trinajstić information content (AvgIpc) is 2.03. The highest BCUT2D eigenvalue weighted by atomic mass is 79.9. The first-order valence-electron chi connectivity index (χ1n) is 3.79. The minimum absolute atomic E-state index is 0.643. The highest BCUT2D eigenvalue weighted by Crippen LogP contribution is 2.21. The van der Waals surface area contributed by atoms with Crippen molar-refractivity contribution in [1.29, 1.82) is 0 Å². The van der Waals surface area contributed by atoms with Gasteiger partial charge in [-0.1, -0.05) is 28.1 Å². The minimum Gasteiger partial charge on any atom is -0.465 e. The summed E-state index contributed by atoms with van der Waals surface area (Å²) in [6.45, 7) is 1.95. The Morgan fingerprint density at radius 3 is 2.85 bits per heavy atom. The normalized spacial score (nSPS) is 9.69. The van der Waals surface area contributed by atoms with E-state index >= 15 is 0 Å². The van der Waals surface area contributed by atoms with Crippen molar-refractivity contribution in [1.82, 2.24) is 0 Å². The zero-order valence-electron chi connectivity index (χ0n) is 7.17. The maximum absolute atomic E-state index is 10.4. The summed E-state index contributed by atoms with van der Waals surface area (Å²) >= 11 is 3.32. The molecule has 0 aliphatic carbocycles. The molecule has 0 unspecified atom stereocenters. The van der Waals surface area contributed by atoms with Gasteiger partial charge in [0.25, 0.3) is 0 Å². The third-order valence-electron chi connectivity index (χ3n) is 1.79. The standard InChI is InChI=1S/C9H10BrNO2/c1-6-3-2-4-8(7(6)5-10)11-9(12)13/h2-4,11H,5H2,1H3,(H,12,13). The first-order chi connectivity index (χ1) is 6.15. The smallest absolute Gasteiger partial charge is 0.409 e. The Bertz CT molecular complexity index is 325. The SMILES string of the molecule is Cc1cccc(NC(=O)O)c1CBr. The molecule has 0 aliphatic rings. The Morgan fingerprint density at radius 2 is 2.31 bits per heavy atom. The molecule has 70 valence electrons. The van der Waals surface area contributed by atoms with Crippen molar-refractivity contribution in [2.75, 3.05) is 5.32 Å². The van der Waals surface area contributed by atoms with Crippen LogP contribution in [0.4, 0.5) is 10.5 Å². The number of carboxylic acid groups (broad SMARTS) is 1. The lowest BCUT2D eigenvalue weighted by Gasteiger charge is -2.08. The van der Waals surface area contributed by atoms with Crippen molar-refractivity contribution < 1.29 is 9.90 Å². The molecule has 3 nitrogen and oxygen atoms in total. The summed E-state index contributed by atoms with van der Waals surface area (Å²) in [5.41, 5.74) is 2.69. The molecule has 0 saturated carbocycles. The summed E-state index contributed by atoms with van der Waals surface area (Å²) < 4.78 is 0. The molecular formula is C9H10BrNO2. The molecule has 0 aliphatic heterocycles. The van der Waals surface area contributed by atoms with E-state index in [4.69, 9.17) is 5.11 Å². The van der Waals surface area contributed by atoms with Gasteiger partial charge in [0.1, 0.15) is 0 Å². The number of hydrogen-bond acceptors (Lipinski definition) is 1. The number of anilines is 1. The molecule has 0 spiro atoms.